The second-order valence-electron chi connectivity index (χ2n) is 5.04. The number of carbonyl (C=O) groups excluding carboxylic acids is 1. The summed E-state index contributed by atoms with van der Waals surface area (Å²) in [7, 11) is 0. The van der Waals surface area contributed by atoms with Crippen LogP contribution in [0.15, 0.2) is 24.3 Å². The van der Waals surface area contributed by atoms with E-state index in [2.05, 4.69) is 5.32 Å². The molecule has 5 atom stereocenters. The van der Waals surface area contributed by atoms with E-state index in [0.29, 0.717) is 5.56 Å². The van der Waals surface area contributed by atoms with Crippen LogP contribution >= 0.6 is 0 Å². The molecule has 0 saturated carbocycles. The lowest BCUT2D eigenvalue weighted by Crippen LogP contribution is -2.64. The zero-order valence-corrected chi connectivity index (χ0v) is 11.5. The number of aliphatic hydroxyl groups excluding tert-OH is 4. The van der Waals surface area contributed by atoms with Crippen LogP contribution in [0.4, 0.5) is 0 Å². The highest BCUT2D eigenvalue weighted by molar-refractivity contribution is 5.95. The van der Waals surface area contributed by atoms with Gasteiger partial charge in [-0.15, -0.1) is 0 Å². The summed E-state index contributed by atoms with van der Waals surface area (Å²) in [5.74, 6) is -0.491. The first kappa shape index (κ1) is 15.9. The Hall–Kier alpha value is -1.51. The van der Waals surface area contributed by atoms with Gasteiger partial charge in [0, 0.05) is 5.56 Å². The van der Waals surface area contributed by atoms with Crippen LogP contribution in [0.5, 0.6) is 0 Å². The maximum absolute atomic E-state index is 12.2. The molecule has 0 radical (unpaired) electrons. The fourth-order valence-corrected chi connectivity index (χ4v) is 2.31. The second kappa shape index (κ2) is 6.50. The molecule has 1 amide bonds. The second-order valence-corrected chi connectivity index (χ2v) is 5.04. The molecule has 5 unspecified atom stereocenters. The number of aryl methyl sites for hydroxylation is 1. The number of aliphatic hydroxyl groups is 4. The number of hydrogen-bond donors (Lipinski definition) is 5. The zero-order valence-electron chi connectivity index (χ0n) is 11.5. The largest absolute Gasteiger partial charge is 0.394 e. The average Bonchev–Trinajstić information content (AvgIpc) is 2.47. The Labute approximate surface area is 121 Å². The van der Waals surface area contributed by atoms with Crippen molar-refractivity contribution in [2.24, 2.45) is 0 Å². The lowest BCUT2D eigenvalue weighted by atomic mass is 9.96. The van der Waals surface area contributed by atoms with E-state index in [9.17, 15) is 20.1 Å². The van der Waals surface area contributed by atoms with E-state index in [1.54, 1.807) is 31.2 Å². The lowest BCUT2D eigenvalue weighted by Gasteiger charge is -2.40. The summed E-state index contributed by atoms with van der Waals surface area (Å²) in [4.78, 5) is 12.2. The minimum Gasteiger partial charge on any atom is -0.394 e. The molecule has 21 heavy (non-hydrogen) atoms. The number of benzene rings is 1. The van der Waals surface area contributed by atoms with Gasteiger partial charge in [0.2, 0.25) is 0 Å². The highest BCUT2D eigenvalue weighted by Gasteiger charge is 2.44. The highest BCUT2D eigenvalue weighted by atomic mass is 16.6. The van der Waals surface area contributed by atoms with Crippen LogP contribution in [0, 0.1) is 6.92 Å². The molecule has 116 valence electrons. The fourth-order valence-electron chi connectivity index (χ4n) is 2.31. The molecular weight excluding hydrogens is 278 g/mol. The molecule has 1 fully saturated rings. The number of carbonyl (C=O) groups is 1. The summed E-state index contributed by atoms with van der Waals surface area (Å²) in [6.45, 7) is 1.21. The van der Waals surface area contributed by atoms with Crippen LogP contribution in [-0.2, 0) is 4.74 Å². The Balaban J connectivity index is 2.12. The number of rotatable bonds is 3. The Morgan fingerprint density at radius 2 is 1.90 bits per heavy atom. The van der Waals surface area contributed by atoms with Crippen molar-refractivity contribution in [2.45, 2.75) is 37.6 Å². The van der Waals surface area contributed by atoms with Crippen LogP contribution in [0.1, 0.15) is 15.9 Å². The Morgan fingerprint density at radius 3 is 2.52 bits per heavy atom. The van der Waals surface area contributed by atoms with Crippen LogP contribution in [0.25, 0.3) is 0 Å². The van der Waals surface area contributed by atoms with E-state index in [4.69, 9.17) is 9.84 Å². The van der Waals surface area contributed by atoms with Crippen molar-refractivity contribution in [2.75, 3.05) is 6.61 Å². The van der Waals surface area contributed by atoms with Gasteiger partial charge in [0.15, 0.2) is 6.29 Å². The molecule has 0 aliphatic carbocycles. The molecule has 0 spiro atoms. The van der Waals surface area contributed by atoms with Gasteiger partial charge in [-0.2, -0.15) is 0 Å². The van der Waals surface area contributed by atoms with Crippen LogP contribution in [-0.4, -0.2) is 63.6 Å². The molecule has 7 heteroatoms. The molecule has 0 aromatic heterocycles. The third-order valence-corrected chi connectivity index (χ3v) is 3.59. The predicted octanol–water partition coefficient (Wildman–Crippen LogP) is -1.48. The first-order chi connectivity index (χ1) is 9.95. The monoisotopic (exact) mass is 297 g/mol. The van der Waals surface area contributed by atoms with Gasteiger partial charge in [-0.25, -0.2) is 0 Å². The van der Waals surface area contributed by atoms with Gasteiger partial charge < -0.3 is 30.5 Å². The number of ether oxygens (including phenoxy) is 1. The number of amides is 1. The standard InChI is InChI=1S/C14H19NO6/c1-7-4-2-3-5-8(7)13(19)15-10-12(18)11(17)9(6-16)21-14(10)20/h2-5,9-12,14,16-18,20H,6H2,1H3,(H,15,19). The maximum atomic E-state index is 12.2. The van der Waals surface area contributed by atoms with Crippen molar-refractivity contribution in [3.63, 3.8) is 0 Å². The maximum Gasteiger partial charge on any atom is 0.252 e. The molecular formula is C14H19NO6. The third kappa shape index (κ3) is 3.22. The van der Waals surface area contributed by atoms with E-state index in [-0.39, 0.29) is 0 Å². The van der Waals surface area contributed by atoms with E-state index in [1.165, 1.54) is 0 Å². The molecule has 7 nitrogen and oxygen atoms in total. The number of nitrogens with one attached hydrogen (secondary N) is 1. The molecule has 1 aromatic carbocycles. The molecule has 0 bridgehead atoms. The quantitative estimate of drug-likeness (QED) is 0.464. The van der Waals surface area contributed by atoms with Crippen molar-refractivity contribution >= 4 is 5.91 Å². The van der Waals surface area contributed by atoms with Crippen molar-refractivity contribution in [1.82, 2.24) is 5.32 Å². The third-order valence-electron chi connectivity index (χ3n) is 3.59. The zero-order chi connectivity index (χ0) is 15.6. The molecule has 1 aliphatic rings. The normalized spacial score (nSPS) is 32.7. The van der Waals surface area contributed by atoms with E-state index in [1.807, 2.05) is 0 Å². The summed E-state index contributed by atoms with van der Waals surface area (Å²) >= 11 is 0. The van der Waals surface area contributed by atoms with E-state index >= 15 is 0 Å². The number of hydrogen-bond acceptors (Lipinski definition) is 6. The SMILES string of the molecule is Cc1ccccc1C(=O)NC1C(O)OC(CO)C(O)C1O. The average molecular weight is 297 g/mol. The summed E-state index contributed by atoms with van der Waals surface area (Å²) < 4.78 is 4.98. The molecule has 1 saturated heterocycles. The van der Waals surface area contributed by atoms with Crippen molar-refractivity contribution in [3.8, 4) is 0 Å². The molecule has 1 aliphatic heterocycles. The molecule has 1 heterocycles. The van der Waals surface area contributed by atoms with Gasteiger partial charge in [-0.3, -0.25) is 4.79 Å². The van der Waals surface area contributed by atoms with E-state index in [0.717, 1.165) is 5.56 Å². The summed E-state index contributed by atoms with van der Waals surface area (Å²) in [6, 6.07) is 5.67. The van der Waals surface area contributed by atoms with E-state index < -0.39 is 43.2 Å². The van der Waals surface area contributed by atoms with Crippen molar-refractivity contribution in [1.29, 1.82) is 0 Å². The van der Waals surface area contributed by atoms with Gasteiger partial charge in [-0.1, -0.05) is 18.2 Å². The Bertz CT molecular complexity index is 508. The van der Waals surface area contributed by atoms with Crippen LogP contribution in [0.3, 0.4) is 0 Å². The van der Waals surface area contributed by atoms with Crippen molar-refractivity contribution < 1.29 is 30.0 Å². The predicted molar refractivity (Wildman–Crippen MR) is 72.4 cm³/mol. The van der Waals surface area contributed by atoms with Gasteiger partial charge in [-0.05, 0) is 18.6 Å². The van der Waals surface area contributed by atoms with Gasteiger partial charge in [0.25, 0.3) is 5.91 Å². The topological polar surface area (TPSA) is 119 Å². The minimum absolute atomic E-state index is 0.399. The first-order valence-corrected chi connectivity index (χ1v) is 6.62. The van der Waals surface area contributed by atoms with Gasteiger partial charge >= 0.3 is 0 Å². The first-order valence-electron chi connectivity index (χ1n) is 6.62. The minimum atomic E-state index is -1.52. The van der Waals surface area contributed by atoms with Crippen LogP contribution in [0.2, 0.25) is 0 Å². The lowest BCUT2D eigenvalue weighted by molar-refractivity contribution is -0.252. The molecule has 1 aromatic rings. The molecule has 2 rings (SSSR count). The molecule has 5 N–H and O–H groups in total. The van der Waals surface area contributed by atoms with Gasteiger partial charge in [0.1, 0.15) is 24.4 Å². The smallest absolute Gasteiger partial charge is 0.252 e. The Morgan fingerprint density at radius 1 is 1.24 bits per heavy atom. The fraction of sp³-hybridized carbons (Fsp3) is 0.500. The summed E-state index contributed by atoms with van der Waals surface area (Å²) in [6.07, 6.45) is -5.46. The highest BCUT2D eigenvalue weighted by Crippen LogP contribution is 2.20. The van der Waals surface area contributed by atoms with Crippen molar-refractivity contribution in [3.05, 3.63) is 35.4 Å². The van der Waals surface area contributed by atoms with Crippen LogP contribution < -0.4 is 5.32 Å². The summed E-state index contributed by atoms with van der Waals surface area (Å²) in [5.41, 5.74) is 1.14. The van der Waals surface area contributed by atoms with Gasteiger partial charge in [0.05, 0.1) is 6.61 Å². The Kier molecular flexibility index (Phi) is 4.92. The summed E-state index contributed by atoms with van der Waals surface area (Å²) in [5, 5.41) is 41.0.